The molecule has 0 fully saturated rings. The molecule has 0 radical (unpaired) electrons. The van der Waals surface area contributed by atoms with Gasteiger partial charge in [-0.25, -0.2) is 0 Å². The lowest BCUT2D eigenvalue weighted by Gasteiger charge is -2.18. The van der Waals surface area contributed by atoms with Crippen LogP contribution >= 0.6 is 0 Å². The highest BCUT2D eigenvalue weighted by molar-refractivity contribution is 5.32. The van der Waals surface area contributed by atoms with E-state index in [4.69, 9.17) is 15.2 Å². The van der Waals surface area contributed by atoms with Crippen LogP contribution in [-0.2, 0) is 9.47 Å². The van der Waals surface area contributed by atoms with Gasteiger partial charge in [-0.15, -0.1) is 0 Å². The Morgan fingerprint density at radius 2 is 1.94 bits per heavy atom. The Bertz CT molecular complexity index is 352. The standard InChI is InChI=1S/C14H23NO2/c1-10-5-6-11(2)13(7-10)14(15)9-17-12(3)8-16-4/h5-7,12,14H,8-9,15H2,1-4H3. The van der Waals surface area contributed by atoms with Crippen molar-refractivity contribution in [3.63, 3.8) is 0 Å². The molecule has 96 valence electrons. The zero-order valence-electron chi connectivity index (χ0n) is 11.2. The summed E-state index contributed by atoms with van der Waals surface area (Å²) in [6.45, 7) is 7.25. The molecule has 0 bridgehead atoms. The van der Waals surface area contributed by atoms with E-state index >= 15 is 0 Å². The van der Waals surface area contributed by atoms with E-state index in [0.717, 1.165) is 5.56 Å². The van der Waals surface area contributed by atoms with Gasteiger partial charge in [0.25, 0.3) is 0 Å². The topological polar surface area (TPSA) is 44.5 Å². The van der Waals surface area contributed by atoms with Crippen LogP contribution in [0.3, 0.4) is 0 Å². The molecule has 0 heterocycles. The van der Waals surface area contributed by atoms with Crippen LogP contribution in [-0.4, -0.2) is 26.4 Å². The number of aryl methyl sites for hydroxylation is 2. The van der Waals surface area contributed by atoms with E-state index in [9.17, 15) is 0 Å². The van der Waals surface area contributed by atoms with Crippen LogP contribution in [0.5, 0.6) is 0 Å². The summed E-state index contributed by atoms with van der Waals surface area (Å²) in [5.41, 5.74) is 9.75. The van der Waals surface area contributed by atoms with Gasteiger partial charge in [0.15, 0.2) is 0 Å². The molecule has 0 aliphatic heterocycles. The highest BCUT2D eigenvalue weighted by atomic mass is 16.5. The third-order valence-electron chi connectivity index (χ3n) is 2.80. The molecular formula is C14H23NO2. The minimum Gasteiger partial charge on any atom is -0.382 e. The van der Waals surface area contributed by atoms with Gasteiger partial charge in [0, 0.05) is 7.11 Å². The third-order valence-corrected chi connectivity index (χ3v) is 2.80. The molecule has 2 unspecified atom stereocenters. The maximum absolute atomic E-state index is 6.14. The van der Waals surface area contributed by atoms with E-state index in [1.807, 2.05) is 6.92 Å². The molecule has 0 aromatic heterocycles. The Hall–Kier alpha value is -0.900. The fraction of sp³-hybridized carbons (Fsp3) is 0.571. The summed E-state index contributed by atoms with van der Waals surface area (Å²) in [7, 11) is 1.67. The summed E-state index contributed by atoms with van der Waals surface area (Å²) in [6, 6.07) is 6.25. The minimum atomic E-state index is -0.0748. The monoisotopic (exact) mass is 237 g/mol. The van der Waals surface area contributed by atoms with Gasteiger partial charge in [0.05, 0.1) is 25.4 Å². The molecule has 3 nitrogen and oxygen atoms in total. The molecule has 0 aliphatic rings. The second-order valence-corrected chi connectivity index (χ2v) is 4.57. The second kappa shape index (κ2) is 6.74. The van der Waals surface area contributed by atoms with Crippen molar-refractivity contribution in [3.8, 4) is 0 Å². The highest BCUT2D eigenvalue weighted by Gasteiger charge is 2.11. The fourth-order valence-corrected chi connectivity index (χ4v) is 1.80. The van der Waals surface area contributed by atoms with E-state index in [2.05, 4.69) is 32.0 Å². The first-order valence-corrected chi connectivity index (χ1v) is 5.98. The molecule has 2 atom stereocenters. The first-order chi connectivity index (χ1) is 8.04. The van der Waals surface area contributed by atoms with Gasteiger partial charge in [-0.05, 0) is 31.9 Å². The summed E-state index contributed by atoms with van der Waals surface area (Å²) < 4.78 is 10.7. The Kier molecular flexibility index (Phi) is 5.62. The van der Waals surface area contributed by atoms with Crippen molar-refractivity contribution in [1.29, 1.82) is 0 Å². The summed E-state index contributed by atoms with van der Waals surface area (Å²) in [5, 5.41) is 0. The normalized spacial score (nSPS) is 14.6. The predicted molar refractivity (Wildman–Crippen MR) is 70.1 cm³/mol. The van der Waals surface area contributed by atoms with Gasteiger partial charge in [-0.1, -0.05) is 23.8 Å². The Morgan fingerprint density at radius 3 is 2.59 bits per heavy atom. The van der Waals surface area contributed by atoms with Crippen LogP contribution in [0.4, 0.5) is 0 Å². The van der Waals surface area contributed by atoms with Gasteiger partial charge in [-0.2, -0.15) is 0 Å². The number of hydrogen-bond acceptors (Lipinski definition) is 3. The average molecular weight is 237 g/mol. The smallest absolute Gasteiger partial charge is 0.0781 e. The van der Waals surface area contributed by atoms with Gasteiger partial charge in [-0.3, -0.25) is 0 Å². The lowest BCUT2D eigenvalue weighted by Crippen LogP contribution is -2.23. The van der Waals surface area contributed by atoms with E-state index in [1.165, 1.54) is 11.1 Å². The lowest BCUT2D eigenvalue weighted by atomic mass is 10.00. The van der Waals surface area contributed by atoms with Crippen molar-refractivity contribution in [2.24, 2.45) is 5.73 Å². The van der Waals surface area contributed by atoms with Crippen molar-refractivity contribution in [2.45, 2.75) is 32.9 Å². The summed E-state index contributed by atoms with van der Waals surface area (Å²) in [4.78, 5) is 0. The van der Waals surface area contributed by atoms with Gasteiger partial charge in [0.2, 0.25) is 0 Å². The number of nitrogens with two attached hydrogens (primary N) is 1. The van der Waals surface area contributed by atoms with E-state index in [-0.39, 0.29) is 12.1 Å². The van der Waals surface area contributed by atoms with Crippen LogP contribution in [0.2, 0.25) is 0 Å². The minimum absolute atomic E-state index is 0.0748. The Morgan fingerprint density at radius 1 is 1.24 bits per heavy atom. The van der Waals surface area contributed by atoms with Crippen LogP contribution in [0, 0.1) is 13.8 Å². The van der Waals surface area contributed by atoms with Crippen molar-refractivity contribution in [2.75, 3.05) is 20.3 Å². The third kappa shape index (κ3) is 4.46. The summed E-state index contributed by atoms with van der Waals surface area (Å²) >= 11 is 0. The predicted octanol–water partition coefficient (Wildman–Crippen LogP) is 2.35. The molecule has 1 aromatic rings. The second-order valence-electron chi connectivity index (χ2n) is 4.57. The van der Waals surface area contributed by atoms with Crippen LogP contribution in [0.1, 0.15) is 29.7 Å². The summed E-state index contributed by atoms with van der Waals surface area (Å²) in [6.07, 6.45) is 0.0798. The van der Waals surface area contributed by atoms with E-state index < -0.39 is 0 Å². The van der Waals surface area contributed by atoms with Crippen LogP contribution in [0.25, 0.3) is 0 Å². The van der Waals surface area contributed by atoms with Crippen molar-refractivity contribution < 1.29 is 9.47 Å². The zero-order valence-corrected chi connectivity index (χ0v) is 11.2. The summed E-state index contributed by atoms with van der Waals surface area (Å²) in [5.74, 6) is 0. The van der Waals surface area contributed by atoms with E-state index in [1.54, 1.807) is 7.11 Å². The molecule has 3 heteroatoms. The first kappa shape index (κ1) is 14.2. The van der Waals surface area contributed by atoms with E-state index in [0.29, 0.717) is 13.2 Å². The molecular weight excluding hydrogens is 214 g/mol. The number of ether oxygens (including phenoxy) is 2. The maximum atomic E-state index is 6.14. The highest BCUT2D eigenvalue weighted by Crippen LogP contribution is 2.18. The number of hydrogen-bond donors (Lipinski definition) is 1. The molecule has 0 aliphatic carbocycles. The Labute approximate surface area is 104 Å². The largest absolute Gasteiger partial charge is 0.382 e. The molecule has 0 saturated heterocycles. The molecule has 2 N–H and O–H groups in total. The zero-order chi connectivity index (χ0) is 12.8. The Balaban J connectivity index is 2.57. The van der Waals surface area contributed by atoms with Crippen molar-refractivity contribution in [1.82, 2.24) is 0 Å². The quantitative estimate of drug-likeness (QED) is 0.826. The molecule has 0 spiro atoms. The molecule has 0 saturated carbocycles. The van der Waals surface area contributed by atoms with Gasteiger partial charge in [0.1, 0.15) is 0 Å². The SMILES string of the molecule is COCC(C)OCC(N)c1cc(C)ccc1C. The van der Waals surface area contributed by atoms with Gasteiger partial charge >= 0.3 is 0 Å². The average Bonchev–Trinajstić information content (AvgIpc) is 2.29. The maximum Gasteiger partial charge on any atom is 0.0781 e. The number of methoxy groups -OCH3 is 1. The van der Waals surface area contributed by atoms with Gasteiger partial charge < -0.3 is 15.2 Å². The number of rotatable bonds is 6. The van der Waals surface area contributed by atoms with Crippen molar-refractivity contribution >= 4 is 0 Å². The van der Waals surface area contributed by atoms with Crippen LogP contribution < -0.4 is 5.73 Å². The number of benzene rings is 1. The van der Waals surface area contributed by atoms with Crippen LogP contribution in [0.15, 0.2) is 18.2 Å². The molecule has 1 aromatic carbocycles. The molecule has 0 amide bonds. The first-order valence-electron chi connectivity index (χ1n) is 5.98. The molecule has 17 heavy (non-hydrogen) atoms. The van der Waals surface area contributed by atoms with Crippen molar-refractivity contribution in [3.05, 3.63) is 34.9 Å². The lowest BCUT2D eigenvalue weighted by molar-refractivity contribution is 0.00323. The fourth-order valence-electron chi connectivity index (χ4n) is 1.80. The molecule has 1 rings (SSSR count).